The molecule has 6 nitrogen and oxygen atoms in total. The first kappa shape index (κ1) is 24.7. The smallest absolute Gasteiger partial charge is 0.407 e. The lowest BCUT2D eigenvalue weighted by molar-refractivity contribution is -0.139. The molecule has 0 fully saturated rings. The van der Waals surface area contributed by atoms with E-state index < -0.39 is 18.1 Å². The molecule has 7 heteroatoms. The highest BCUT2D eigenvalue weighted by molar-refractivity contribution is 5.85. The van der Waals surface area contributed by atoms with Gasteiger partial charge in [0, 0.05) is 12.0 Å². The van der Waals surface area contributed by atoms with Gasteiger partial charge in [0.1, 0.15) is 12.6 Å². The van der Waals surface area contributed by atoms with Gasteiger partial charge in [0.25, 0.3) is 0 Å². The van der Waals surface area contributed by atoms with Crippen molar-refractivity contribution in [1.82, 2.24) is 10.6 Å². The van der Waals surface area contributed by atoms with Crippen LogP contribution in [0.5, 0.6) is 0 Å². The normalized spacial score (nSPS) is 13.1. The van der Waals surface area contributed by atoms with Gasteiger partial charge in [-0.05, 0) is 48.1 Å². The SMILES string of the molecule is CC(C)NCCCCC(NC(=O)OCC1c2ccccc2-c2ccccc21)C(=O)O.Cl. The van der Waals surface area contributed by atoms with Gasteiger partial charge in [-0.2, -0.15) is 0 Å². The van der Waals surface area contributed by atoms with Crippen molar-refractivity contribution in [3.05, 3.63) is 59.7 Å². The second-order valence-corrected chi connectivity index (χ2v) is 7.97. The lowest BCUT2D eigenvalue weighted by atomic mass is 9.98. The van der Waals surface area contributed by atoms with Crippen LogP contribution in [0.15, 0.2) is 48.5 Å². The molecule has 0 bridgehead atoms. The minimum atomic E-state index is -1.04. The maximum Gasteiger partial charge on any atom is 0.407 e. The highest BCUT2D eigenvalue weighted by atomic mass is 35.5. The van der Waals surface area contributed by atoms with E-state index in [0.29, 0.717) is 18.9 Å². The van der Waals surface area contributed by atoms with Crippen molar-refractivity contribution in [2.75, 3.05) is 13.2 Å². The molecule has 0 saturated carbocycles. The van der Waals surface area contributed by atoms with E-state index in [9.17, 15) is 14.7 Å². The number of fused-ring (bicyclic) bond motifs is 3. The van der Waals surface area contributed by atoms with Crippen LogP contribution in [0.3, 0.4) is 0 Å². The van der Waals surface area contributed by atoms with Crippen molar-refractivity contribution in [3.63, 3.8) is 0 Å². The summed E-state index contributed by atoms with van der Waals surface area (Å²) in [5.74, 6) is -1.09. The average molecular weight is 447 g/mol. The molecule has 1 atom stereocenters. The summed E-state index contributed by atoms with van der Waals surface area (Å²) in [6, 6.07) is 15.7. The summed E-state index contributed by atoms with van der Waals surface area (Å²) in [4.78, 5) is 23.8. The molecular formula is C24H31ClN2O4. The number of rotatable bonds is 10. The number of hydrogen-bond acceptors (Lipinski definition) is 4. The molecule has 3 rings (SSSR count). The second kappa shape index (κ2) is 11.7. The molecule has 0 radical (unpaired) electrons. The third-order valence-corrected chi connectivity index (χ3v) is 5.41. The van der Waals surface area contributed by atoms with Gasteiger partial charge in [0.05, 0.1) is 0 Å². The van der Waals surface area contributed by atoms with Crippen molar-refractivity contribution in [2.24, 2.45) is 0 Å². The fraction of sp³-hybridized carbons (Fsp3) is 0.417. The van der Waals surface area contributed by atoms with E-state index in [1.54, 1.807) is 0 Å². The van der Waals surface area contributed by atoms with Gasteiger partial charge in [-0.1, -0.05) is 62.4 Å². The number of alkyl carbamates (subject to hydrolysis) is 1. The average Bonchev–Trinajstić information content (AvgIpc) is 3.04. The van der Waals surface area contributed by atoms with Gasteiger partial charge in [0.15, 0.2) is 0 Å². The van der Waals surface area contributed by atoms with Crippen LogP contribution in [0.1, 0.15) is 50.2 Å². The number of carbonyl (C=O) groups is 2. The zero-order valence-corrected chi connectivity index (χ0v) is 18.8. The maximum atomic E-state index is 12.3. The highest BCUT2D eigenvalue weighted by Crippen LogP contribution is 2.44. The summed E-state index contributed by atoms with van der Waals surface area (Å²) in [6.45, 7) is 5.14. The van der Waals surface area contributed by atoms with Gasteiger partial charge in [-0.3, -0.25) is 0 Å². The molecule has 0 saturated heterocycles. The van der Waals surface area contributed by atoms with E-state index in [4.69, 9.17) is 4.74 Å². The predicted molar refractivity (Wildman–Crippen MR) is 124 cm³/mol. The van der Waals surface area contributed by atoms with E-state index in [0.717, 1.165) is 35.2 Å². The second-order valence-electron chi connectivity index (χ2n) is 7.97. The topological polar surface area (TPSA) is 87.7 Å². The van der Waals surface area contributed by atoms with E-state index in [-0.39, 0.29) is 24.9 Å². The molecular weight excluding hydrogens is 416 g/mol. The van der Waals surface area contributed by atoms with Crippen molar-refractivity contribution in [1.29, 1.82) is 0 Å². The zero-order chi connectivity index (χ0) is 21.5. The molecule has 0 aliphatic heterocycles. The van der Waals surface area contributed by atoms with Crippen LogP contribution in [0.2, 0.25) is 0 Å². The van der Waals surface area contributed by atoms with E-state index in [1.807, 2.05) is 36.4 Å². The summed E-state index contributed by atoms with van der Waals surface area (Å²) in [7, 11) is 0. The Labute approximate surface area is 189 Å². The quantitative estimate of drug-likeness (QED) is 0.465. The molecule has 3 N–H and O–H groups in total. The minimum Gasteiger partial charge on any atom is -0.480 e. The molecule has 168 valence electrons. The van der Waals surface area contributed by atoms with Gasteiger partial charge in [-0.15, -0.1) is 12.4 Å². The van der Waals surface area contributed by atoms with Crippen LogP contribution in [0.4, 0.5) is 4.79 Å². The van der Waals surface area contributed by atoms with Crippen LogP contribution < -0.4 is 10.6 Å². The van der Waals surface area contributed by atoms with E-state index in [1.165, 1.54) is 0 Å². The molecule has 31 heavy (non-hydrogen) atoms. The van der Waals surface area contributed by atoms with Crippen molar-refractivity contribution in [2.45, 2.75) is 51.1 Å². The van der Waals surface area contributed by atoms with E-state index in [2.05, 4.69) is 36.6 Å². The Hall–Kier alpha value is -2.57. The summed E-state index contributed by atoms with van der Waals surface area (Å²) < 4.78 is 5.45. The molecule has 1 aliphatic carbocycles. The van der Waals surface area contributed by atoms with Crippen LogP contribution >= 0.6 is 12.4 Å². The van der Waals surface area contributed by atoms with Crippen molar-refractivity contribution in [3.8, 4) is 11.1 Å². The van der Waals surface area contributed by atoms with Gasteiger partial charge in [-0.25, -0.2) is 9.59 Å². The van der Waals surface area contributed by atoms with E-state index >= 15 is 0 Å². The Morgan fingerprint density at radius 2 is 1.58 bits per heavy atom. The van der Waals surface area contributed by atoms with Gasteiger partial charge < -0.3 is 20.5 Å². The van der Waals surface area contributed by atoms with Crippen molar-refractivity contribution >= 4 is 24.5 Å². The number of carbonyl (C=O) groups excluding carboxylic acids is 1. The summed E-state index contributed by atoms with van der Waals surface area (Å²) in [5.41, 5.74) is 4.55. The van der Waals surface area contributed by atoms with Gasteiger partial charge in [0.2, 0.25) is 0 Å². The van der Waals surface area contributed by atoms with Crippen LogP contribution in [-0.4, -0.2) is 42.4 Å². The first-order valence-electron chi connectivity index (χ1n) is 10.5. The lowest BCUT2D eigenvalue weighted by Gasteiger charge is -2.17. The summed E-state index contributed by atoms with van der Waals surface area (Å²) in [6.07, 6.45) is 1.25. The molecule has 0 spiro atoms. The highest BCUT2D eigenvalue weighted by Gasteiger charge is 2.29. The third kappa shape index (κ3) is 6.45. The molecule has 1 amide bonds. The number of hydrogen-bond donors (Lipinski definition) is 3. The number of carboxylic acid groups (broad SMARTS) is 1. The number of halogens is 1. The summed E-state index contributed by atoms with van der Waals surface area (Å²) >= 11 is 0. The number of ether oxygens (including phenoxy) is 1. The number of nitrogens with one attached hydrogen (secondary N) is 2. The molecule has 0 aromatic heterocycles. The minimum absolute atomic E-state index is 0. The Bertz CT molecular complexity index is 842. The molecule has 1 unspecified atom stereocenters. The van der Waals surface area contributed by atoms with Gasteiger partial charge >= 0.3 is 12.1 Å². The standard InChI is InChI=1S/C24H30N2O4.ClH/c1-16(2)25-14-8-7-13-22(23(27)28)26-24(29)30-15-21-19-11-5-3-9-17(19)18-10-4-6-12-20(18)21;/h3-6,9-12,16,21-22,25H,7-8,13-15H2,1-2H3,(H,26,29)(H,27,28);1H. The zero-order valence-electron chi connectivity index (χ0n) is 18.0. The monoisotopic (exact) mass is 446 g/mol. The molecule has 2 aromatic rings. The number of unbranched alkanes of at least 4 members (excludes halogenated alkanes) is 1. The van der Waals surface area contributed by atoms with Crippen LogP contribution in [-0.2, 0) is 9.53 Å². The Kier molecular flexibility index (Phi) is 9.34. The first-order valence-corrected chi connectivity index (χ1v) is 10.5. The number of carboxylic acids is 1. The summed E-state index contributed by atoms with van der Waals surface area (Å²) in [5, 5.41) is 15.2. The number of aliphatic carboxylic acids is 1. The molecule has 0 heterocycles. The Morgan fingerprint density at radius 1 is 1.00 bits per heavy atom. The maximum absolute atomic E-state index is 12.3. The predicted octanol–water partition coefficient (Wildman–Crippen LogP) is 4.57. The lowest BCUT2D eigenvalue weighted by Crippen LogP contribution is -2.41. The molecule has 1 aliphatic rings. The first-order chi connectivity index (χ1) is 14.5. The van der Waals surface area contributed by atoms with Crippen LogP contribution in [0, 0.1) is 0 Å². The number of amides is 1. The number of benzene rings is 2. The largest absolute Gasteiger partial charge is 0.480 e. The molecule has 2 aromatic carbocycles. The Balaban J connectivity index is 0.00000341. The fourth-order valence-corrected chi connectivity index (χ4v) is 3.90. The fourth-order valence-electron chi connectivity index (χ4n) is 3.90. The third-order valence-electron chi connectivity index (χ3n) is 5.41. The van der Waals surface area contributed by atoms with Crippen molar-refractivity contribution < 1.29 is 19.4 Å². The van der Waals surface area contributed by atoms with Crippen LogP contribution in [0.25, 0.3) is 11.1 Å². The Morgan fingerprint density at radius 3 is 2.13 bits per heavy atom.